The van der Waals surface area contributed by atoms with Crippen molar-refractivity contribution in [3.8, 4) is 0 Å². The van der Waals surface area contributed by atoms with Gasteiger partial charge >= 0.3 is 0 Å². The highest BCUT2D eigenvalue weighted by Gasteiger charge is 2.15. The van der Waals surface area contributed by atoms with Crippen LogP contribution in [0.1, 0.15) is 28.5 Å². The summed E-state index contributed by atoms with van der Waals surface area (Å²) in [5.41, 5.74) is 0. The SMILES string of the molecule is CC(NC(=O)c1cc2ccccc2s1)c1ncn[nH]1. The lowest BCUT2D eigenvalue weighted by Gasteiger charge is -2.09. The van der Waals surface area contributed by atoms with E-state index in [2.05, 4.69) is 20.5 Å². The summed E-state index contributed by atoms with van der Waals surface area (Å²) in [6, 6.07) is 9.66. The normalized spacial score (nSPS) is 12.5. The van der Waals surface area contributed by atoms with E-state index in [1.54, 1.807) is 0 Å². The molecule has 0 saturated heterocycles. The summed E-state index contributed by atoms with van der Waals surface area (Å²) in [7, 11) is 0. The Labute approximate surface area is 113 Å². The van der Waals surface area contributed by atoms with Crippen LogP contribution in [0.15, 0.2) is 36.7 Å². The minimum Gasteiger partial charge on any atom is -0.342 e. The lowest BCUT2D eigenvalue weighted by Crippen LogP contribution is -2.26. The maximum atomic E-state index is 12.2. The van der Waals surface area contributed by atoms with Gasteiger partial charge in [-0.05, 0) is 24.4 Å². The minimum atomic E-state index is -0.194. The van der Waals surface area contributed by atoms with Crippen LogP contribution in [0.2, 0.25) is 0 Å². The molecule has 1 atom stereocenters. The van der Waals surface area contributed by atoms with Gasteiger partial charge in [-0.2, -0.15) is 5.10 Å². The van der Waals surface area contributed by atoms with Crippen LogP contribution in [-0.2, 0) is 0 Å². The van der Waals surface area contributed by atoms with Crippen molar-refractivity contribution in [2.45, 2.75) is 13.0 Å². The van der Waals surface area contributed by atoms with Crippen LogP contribution in [-0.4, -0.2) is 21.1 Å². The van der Waals surface area contributed by atoms with Crippen LogP contribution in [0.5, 0.6) is 0 Å². The summed E-state index contributed by atoms with van der Waals surface area (Å²) < 4.78 is 1.11. The Balaban J connectivity index is 1.80. The number of fused-ring (bicyclic) bond motifs is 1. The van der Waals surface area contributed by atoms with Gasteiger partial charge in [0.1, 0.15) is 12.2 Å². The number of benzene rings is 1. The number of carbonyl (C=O) groups excluding carboxylic acids is 1. The number of nitrogens with zero attached hydrogens (tertiary/aromatic N) is 2. The Morgan fingerprint density at radius 1 is 1.42 bits per heavy atom. The predicted molar refractivity (Wildman–Crippen MR) is 74.1 cm³/mol. The average Bonchev–Trinajstić information content (AvgIpc) is 3.07. The zero-order chi connectivity index (χ0) is 13.2. The first kappa shape index (κ1) is 11.9. The van der Waals surface area contributed by atoms with Crippen molar-refractivity contribution in [2.24, 2.45) is 0 Å². The number of nitrogens with one attached hydrogen (secondary N) is 2. The Kier molecular flexibility index (Phi) is 3.00. The zero-order valence-corrected chi connectivity index (χ0v) is 11.1. The van der Waals surface area contributed by atoms with E-state index in [0.717, 1.165) is 10.1 Å². The number of carbonyl (C=O) groups is 1. The van der Waals surface area contributed by atoms with Crippen LogP contribution < -0.4 is 5.32 Å². The molecule has 0 aliphatic rings. The summed E-state index contributed by atoms with van der Waals surface area (Å²) in [6.07, 6.45) is 1.43. The van der Waals surface area contributed by atoms with E-state index in [4.69, 9.17) is 0 Å². The molecule has 2 N–H and O–H groups in total. The maximum Gasteiger partial charge on any atom is 0.261 e. The molecule has 0 bridgehead atoms. The van der Waals surface area contributed by atoms with Crippen molar-refractivity contribution in [2.75, 3.05) is 0 Å². The third-order valence-electron chi connectivity index (χ3n) is 2.84. The number of rotatable bonds is 3. The second-order valence-electron chi connectivity index (χ2n) is 4.21. The van der Waals surface area contributed by atoms with Gasteiger partial charge in [0.25, 0.3) is 5.91 Å². The van der Waals surface area contributed by atoms with E-state index < -0.39 is 0 Å². The summed E-state index contributed by atoms with van der Waals surface area (Å²) in [5.74, 6) is 0.555. The highest BCUT2D eigenvalue weighted by Crippen LogP contribution is 2.25. The van der Waals surface area contributed by atoms with E-state index >= 15 is 0 Å². The van der Waals surface area contributed by atoms with Crippen LogP contribution in [0, 0.1) is 0 Å². The van der Waals surface area contributed by atoms with Crippen molar-refractivity contribution in [1.82, 2.24) is 20.5 Å². The average molecular weight is 272 g/mol. The Morgan fingerprint density at radius 2 is 2.26 bits per heavy atom. The van der Waals surface area contributed by atoms with E-state index in [9.17, 15) is 4.79 Å². The second-order valence-corrected chi connectivity index (χ2v) is 5.30. The first-order valence-electron chi connectivity index (χ1n) is 5.89. The molecule has 5 nitrogen and oxygen atoms in total. The topological polar surface area (TPSA) is 70.7 Å². The molecule has 0 aliphatic heterocycles. The van der Waals surface area contributed by atoms with E-state index in [1.165, 1.54) is 17.7 Å². The van der Waals surface area contributed by atoms with Crippen LogP contribution in [0.4, 0.5) is 0 Å². The Morgan fingerprint density at radius 3 is 3.00 bits per heavy atom. The molecular formula is C13H12N4OS. The third kappa shape index (κ3) is 2.34. The molecule has 2 heterocycles. The third-order valence-corrected chi connectivity index (χ3v) is 3.96. The molecule has 0 aliphatic carbocycles. The molecule has 0 spiro atoms. The molecule has 6 heteroatoms. The molecule has 3 rings (SSSR count). The lowest BCUT2D eigenvalue weighted by atomic mass is 10.2. The van der Waals surface area contributed by atoms with Gasteiger partial charge in [-0.1, -0.05) is 18.2 Å². The number of H-pyrrole nitrogens is 1. The standard InChI is InChI=1S/C13H12N4OS/c1-8(12-14-7-15-17-12)16-13(18)11-6-9-4-2-3-5-10(9)19-11/h2-8H,1H3,(H,16,18)(H,14,15,17). The number of hydrogen-bond acceptors (Lipinski definition) is 4. The van der Waals surface area contributed by atoms with Crippen LogP contribution in [0.25, 0.3) is 10.1 Å². The fraction of sp³-hybridized carbons (Fsp3) is 0.154. The number of thiophene rings is 1. The largest absolute Gasteiger partial charge is 0.342 e. The van der Waals surface area contributed by atoms with Crippen molar-refractivity contribution in [3.63, 3.8) is 0 Å². The number of hydrogen-bond donors (Lipinski definition) is 2. The van der Waals surface area contributed by atoms with Gasteiger partial charge in [0, 0.05) is 4.70 Å². The number of amides is 1. The predicted octanol–water partition coefficient (Wildman–Crippen LogP) is 2.51. The molecule has 1 aromatic carbocycles. The van der Waals surface area contributed by atoms with E-state index in [1.807, 2.05) is 37.3 Å². The van der Waals surface area contributed by atoms with E-state index in [0.29, 0.717) is 10.7 Å². The van der Waals surface area contributed by atoms with Crippen LogP contribution in [0.3, 0.4) is 0 Å². The molecule has 0 radical (unpaired) electrons. The monoisotopic (exact) mass is 272 g/mol. The number of aromatic amines is 1. The summed E-state index contributed by atoms with van der Waals surface area (Å²) in [4.78, 5) is 16.9. The van der Waals surface area contributed by atoms with Crippen molar-refractivity contribution in [3.05, 3.63) is 47.4 Å². The molecule has 0 saturated carbocycles. The van der Waals surface area contributed by atoms with Crippen molar-refractivity contribution < 1.29 is 4.79 Å². The fourth-order valence-corrected chi connectivity index (χ4v) is 2.82. The van der Waals surface area contributed by atoms with Gasteiger partial charge in [0.15, 0.2) is 0 Å². The van der Waals surface area contributed by atoms with Gasteiger partial charge < -0.3 is 5.32 Å². The van der Waals surface area contributed by atoms with E-state index in [-0.39, 0.29) is 11.9 Å². The van der Waals surface area contributed by atoms with Crippen molar-refractivity contribution >= 4 is 27.3 Å². The minimum absolute atomic E-state index is 0.0925. The maximum absolute atomic E-state index is 12.2. The first-order chi connectivity index (χ1) is 9.24. The zero-order valence-electron chi connectivity index (χ0n) is 10.3. The molecule has 0 fully saturated rings. The first-order valence-corrected chi connectivity index (χ1v) is 6.70. The molecule has 1 amide bonds. The van der Waals surface area contributed by atoms with Crippen molar-refractivity contribution in [1.29, 1.82) is 0 Å². The van der Waals surface area contributed by atoms with Gasteiger partial charge in [-0.3, -0.25) is 9.89 Å². The summed E-state index contributed by atoms with van der Waals surface area (Å²) in [6.45, 7) is 1.87. The molecule has 96 valence electrons. The second kappa shape index (κ2) is 4.81. The van der Waals surface area contributed by atoms with Crippen LogP contribution >= 0.6 is 11.3 Å². The lowest BCUT2D eigenvalue weighted by molar-refractivity contribution is 0.0942. The number of aromatic nitrogens is 3. The summed E-state index contributed by atoms with van der Waals surface area (Å²) in [5, 5.41) is 10.5. The van der Waals surface area contributed by atoms with Gasteiger partial charge in [-0.25, -0.2) is 4.98 Å². The summed E-state index contributed by atoms with van der Waals surface area (Å²) >= 11 is 1.49. The highest BCUT2D eigenvalue weighted by atomic mass is 32.1. The van der Waals surface area contributed by atoms with Gasteiger partial charge in [-0.15, -0.1) is 11.3 Å². The molecular weight excluding hydrogens is 260 g/mol. The van der Waals surface area contributed by atoms with Gasteiger partial charge in [0.05, 0.1) is 10.9 Å². The Bertz CT molecular complexity index is 671. The van der Waals surface area contributed by atoms with Gasteiger partial charge in [0.2, 0.25) is 0 Å². The Hall–Kier alpha value is -2.21. The highest BCUT2D eigenvalue weighted by molar-refractivity contribution is 7.20. The molecule has 3 aromatic rings. The smallest absolute Gasteiger partial charge is 0.261 e. The quantitative estimate of drug-likeness (QED) is 0.769. The molecule has 2 aromatic heterocycles. The fourth-order valence-electron chi connectivity index (χ4n) is 1.85. The molecule has 19 heavy (non-hydrogen) atoms. The molecule has 1 unspecified atom stereocenters.